The first-order valence-electron chi connectivity index (χ1n) is 23.2. The Morgan fingerprint density at radius 2 is 1.37 bits per heavy atom. The molecule has 0 aliphatic carbocycles. The fourth-order valence-corrected chi connectivity index (χ4v) is 9.23. The summed E-state index contributed by atoms with van der Waals surface area (Å²) in [4.78, 5) is 4.19. The average molecular weight is 824 g/mol. The van der Waals surface area contributed by atoms with Crippen molar-refractivity contribution in [2.45, 2.75) is 191 Å². The fraction of sp³-hybridized carbons (Fsp3) is 0.851. The number of rotatable bonds is 32. The quantitative estimate of drug-likeness (QED) is 0.0308. The second-order valence-corrected chi connectivity index (χ2v) is 19.2. The highest BCUT2D eigenvalue weighted by Gasteiger charge is 2.35. The van der Waals surface area contributed by atoms with Crippen LogP contribution >= 0.6 is 8.53 Å². The maximum atomic E-state index is 8.00. The summed E-state index contributed by atoms with van der Waals surface area (Å²) >= 11 is 0. The molecule has 0 N–H and O–H groups in total. The van der Waals surface area contributed by atoms with E-state index in [-0.39, 0.29) is 24.6 Å². The van der Waals surface area contributed by atoms with E-state index < -0.39 is 14.6 Å². The van der Waals surface area contributed by atoms with Gasteiger partial charge in [0.2, 0.25) is 0 Å². The summed E-state index contributed by atoms with van der Waals surface area (Å²) < 4.78 is 52.9. The van der Waals surface area contributed by atoms with E-state index in [2.05, 4.69) is 92.7 Å². The van der Waals surface area contributed by atoms with Crippen LogP contribution in [-0.2, 0) is 29.7 Å². The molecule has 10 heteroatoms. The molecule has 0 saturated heterocycles. The fourth-order valence-electron chi connectivity index (χ4n) is 7.75. The van der Waals surface area contributed by atoms with Gasteiger partial charge >= 0.3 is 8.53 Å². The number of aliphatic imine (C=N–C) groups is 1. The number of ether oxygens (including phenoxy) is 5. The number of hydrogen-bond donors (Lipinski definition) is 0. The number of nitrogens with zero attached hydrogens (tertiary/aromatic N) is 2. The molecule has 1 aromatic carbocycles. The zero-order valence-electron chi connectivity index (χ0n) is 39.9. The Kier molecular flexibility index (Phi) is 24.6. The van der Waals surface area contributed by atoms with Gasteiger partial charge in [-0.15, -0.1) is 0 Å². The summed E-state index contributed by atoms with van der Waals surface area (Å²) in [6.07, 6.45) is 15.0. The number of hydrogen-bond acceptors (Lipinski definition) is 9. The molecule has 57 heavy (non-hydrogen) atoms. The lowest BCUT2D eigenvalue weighted by Crippen LogP contribution is -2.37. The second-order valence-electron chi connectivity index (χ2n) is 17.8. The highest BCUT2D eigenvalue weighted by Crippen LogP contribution is 2.47. The van der Waals surface area contributed by atoms with Crippen LogP contribution in [0.25, 0.3) is 0 Å². The van der Waals surface area contributed by atoms with E-state index in [1.54, 1.807) is 0 Å². The smallest absolute Gasteiger partial charge is 0.322 e. The molecule has 1 aromatic rings. The van der Waals surface area contributed by atoms with E-state index in [0.717, 1.165) is 54.1 Å². The van der Waals surface area contributed by atoms with E-state index >= 15 is 0 Å². The van der Waals surface area contributed by atoms with Crippen LogP contribution < -0.4 is 9.47 Å². The first-order chi connectivity index (χ1) is 27.6. The van der Waals surface area contributed by atoms with Gasteiger partial charge in [0, 0.05) is 25.6 Å². The maximum absolute atomic E-state index is 8.00. The molecule has 1 heterocycles. The molecule has 0 amide bonds. The zero-order chi connectivity index (χ0) is 43.1. The predicted octanol–water partition coefficient (Wildman–Crippen LogP) is 12.4. The Hall–Kier alpha value is -1.48. The van der Waals surface area contributed by atoms with Crippen molar-refractivity contribution in [2.75, 3.05) is 52.8 Å². The van der Waals surface area contributed by atoms with E-state index in [4.69, 9.17) is 34.1 Å². The van der Waals surface area contributed by atoms with Crippen molar-refractivity contribution in [3.05, 3.63) is 22.3 Å². The second kappa shape index (κ2) is 28.1. The van der Waals surface area contributed by atoms with Gasteiger partial charge in [-0.25, -0.2) is 4.67 Å². The summed E-state index contributed by atoms with van der Waals surface area (Å²) in [6.45, 7) is 32.6. The molecule has 5 atom stereocenters. The van der Waals surface area contributed by atoms with Crippen molar-refractivity contribution >= 4 is 14.9 Å². The molecule has 1 aliphatic heterocycles. The van der Waals surface area contributed by atoms with Crippen LogP contribution in [0.5, 0.6) is 11.5 Å². The van der Waals surface area contributed by atoms with E-state index in [9.17, 15) is 0 Å². The molecule has 1 aliphatic rings. The molecule has 9 nitrogen and oxygen atoms in total. The molecule has 2 rings (SSSR count). The topological polar surface area (TPSA) is 80.2 Å². The third-order valence-corrected chi connectivity index (χ3v) is 13.3. The summed E-state index contributed by atoms with van der Waals surface area (Å²) in [5.41, 5.74) is 4.72. The van der Waals surface area contributed by atoms with Gasteiger partial charge in [0.25, 0.3) is 0 Å². The molecular formula is C47H87N2O7P. The Balaban J connectivity index is 1.69. The zero-order valence-corrected chi connectivity index (χ0v) is 39.8. The van der Waals surface area contributed by atoms with Gasteiger partial charge in [-0.3, -0.25) is 4.99 Å². The van der Waals surface area contributed by atoms with Crippen LogP contribution in [0, 0.1) is 38.5 Å². The molecule has 0 spiro atoms. The summed E-state index contributed by atoms with van der Waals surface area (Å²) in [5.74, 6) is 4.51. The van der Waals surface area contributed by atoms with Crippen LogP contribution in [0.15, 0.2) is 4.99 Å². The van der Waals surface area contributed by atoms with Gasteiger partial charge in [0.1, 0.15) is 23.7 Å². The van der Waals surface area contributed by atoms with Crippen LogP contribution in [0.4, 0.5) is 0 Å². The lowest BCUT2D eigenvalue weighted by Gasteiger charge is -2.38. The standard InChI is InChI=1S/C47H87N2O7P/c1-15-48-34-54-57(49(36(4)5)37(6)7)56-40(10)33-52-30-29-50-27-28-51-31-32-53-45-41(11)42(12)46-44(43(45)13)24-26-47(14,55-46)25-18-23-39(9)22-17-21-38(8)20-16-19-35(2)3/h34-40H,15-33H2,1-14H3/i10D. The van der Waals surface area contributed by atoms with Gasteiger partial charge in [0.15, 0.2) is 6.40 Å². The highest BCUT2D eigenvalue weighted by molar-refractivity contribution is 7.45. The van der Waals surface area contributed by atoms with E-state index in [1.165, 1.54) is 74.5 Å². The third-order valence-electron chi connectivity index (χ3n) is 11.2. The Labute approximate surface area is 353 Å². The summed E-state index contributed by atoms with van der Waals surface area (Å²) in [6, 6.07) is 0.437. The number of fused-ring (bicyclic) bond motifs is 1. The van der Waals surface area contributed by atoms with Crippen molar-refractivity contribution in [2.24, 2.45) is 22.7 Å². The minimum atomic E-state index is -1.41. The molecule has 0 radical (unpaired) electrons. The first-order valence-corrected chi connectivity index (χ1v) is 23.6. The van der Waals surface area contributed by atoms with Crippen molar-refractivity contribution in [3.63, 3.8) is 0 Å². The monoisotopic (exact) mass is 824 g/mol. The third kappa shape index (κ3) is 19.6. The molecule has 0 saturated carbocycles. The Morgan fingerprint density at radius 3 is 1.95 bits per heavy atom. The first kappa shape index (κ1) is 49.9. The van der Waals surface area contributed by atoms with Gasteiger partial charge in [0.05, 0.1) is 45.7 Å². The molecule has 0 bridgehead atoms. The van der Waals surface area contributed by atoms with E-state index in [0.29, 0.717) is 52.8 Å². The minimum absolute atomic E-state index is 0.0728. The highest BCUT2D eigenvalue weighted by atomic mass is 31.2. The molecular weight excluding hydrogens is 735 g/mol. The van der Waals surface area contributed by atoms with Crippen molar-refractivity contribution < 1.29 is 34.1 Å². The normalized spacial score (nSPS) is 18.3. The summed E-state index contributed by atoms with van der Waals surface area (Å²) in [7, 11) is -1.41. The van der Waals surface area contributed by atoms with E-state index in [1.807, 2.05) is 6.92 Å². The Morgan fingerprint density at radius 1 is 0.789 bits per heavy atom. The number of benzene rings is 1. The summed E-state index contributed by atoms with van der Waals surface area (Å²) in [5, 5.41) is 0. The average Bonchev–Trinajstić information content (AvgIpc) is 3.16. The van der Waals surface area contributed by atoms with Crippen LogP contribution in [0.2, 0.25) is 0 Å². The SMILES string of the molecule is [2H]CC(COCCOCCOCCOc1c(C)c(C)c2c(c1C)CCC(C)(CCCC(C)CCCC(C)CCCC(C)C)O2)OP(OC=NCC)N(C(C)C)C(C)C. The van der Waals surface area contributed by atoms with Crippen LogP contribution in [-0.4, -0.2) is 87.7 Å². The lowest BCUT2D eigenvalue weighted by atomic mass is 9.83. The largest absolute Gasteiger partial charge is 0.491 e. The molecule has 0 fully saturated rings. The predicted molar refractivity (Wildman–Crippen MR) is 240 cm³/mol. The molecule has 5 unspecified atom stereocenters. The van der Waals surface area contributed by atoms with Crippen molar-refractivity contribution in [1.82, 2.24) is 4.67 Å². The maximum Gasteiger partial charge on any atom is 0.322 e. The Bertz CT molecular complexity index is 1280. The molecule has 332 valence electrons. The lowest BCUT2D eigenvalue weighted by molar-refractivity contribution is -0.00588. The minimum Gasteiger partial charge on any atom is -0.491 e. The van der Waals surface area contributed by atoms with Gasteiger partial charge in [-0.2, -0.15) is 0 Å². The van der Waals surface area contributed by atoms with Crippen molar-refractivity contribution in [1.29, 1.82) is 0 Å². The van der Waals surface area contributed by atoms with Gasteiger partial charge in [-0.05, 0) is 129 Å². The van der Waals surface area contributed by atoms with Crippen molar-refractivity contribution in [3.8, 4) is 11.5 Å². The van der Waals surface area contributed by atoms with Crippen LogP contribution in [0.1, 0.15) is 164 Å². The van der Waals surface area contributed by atoms with Crippen LogP contribution in [0.3, 0.4) is 0 Å². The van der Waals surface area contributed by atoms with Gasteiger partial charge in [-0.1, -0.05) is 72.6 Å². The molecule has 0 aromatic heterocycles. The van der Waals surface area contributed by atoms with Gasteiger partial charge < -0.3 is 32.7 Å².